The van der Waals surface area contributed by atoms with E-state index in [1.54, 1.807) is 55.5 Å². The molecule has 2 amide bonds. The van der Waals surface area contributed by atoms with Gasteiger partial charge in [-0.3, -0.25) is 9.59 Å². The Hall–Kier alpha value is -2.86. The zero-order valence-corrected chi connectivity index (χ0v) is 15.6. The van der Waals surface area contributed by atoms with Crippen LogP contribution in [0, 0.1) is 0 Å². The highest BCUT2D eigenvalue weighted by Crippen LogP contribution is 2.20. The summed E-state index contributed by atoms with van der Waals surface area (Å²) in [4.78, 5) is 36.1. The van der Waals surface area contributed by atoms with Gasteiger partial charge in [-0.25, -0.2) is 4.79 Å². The van der Waals surface area contributed by atoms with Gasteiger partial charge in [-0.15, -0.1) is 0 Å². The molecule has 2 rings (SSSR count). The van der Waals surface area contributed by atoms with E-state index in [1.165, 1.54) is 0 Å². The maximum absolute atomic E-state index is 12.6. The van der Waals surface area contributed by atoms with Crippen molar-refractivity contribution >= 4 is 29.4 Å². The van der Waals surface area contributed by atoms with Gasteiger partial charge in [0.05, 0.1) is 23.0 Å². The summed E-state index contributed by atoms with van der Waals surface area (Å²) in [5, 5.41) is 14.7. The number of carboxylic acid groups (broad SMARTS) is 1. The lowest BCUT2D eigenvalue weighted by Crippen LogP contribution is -2.42. The fourth-order valence-electron chi connectivity index (χ4n) is 2.60. The first-order valence-corrected chi connectivity index (χ1v) is 8.92. The Morgan fingerprint density at radius 1 is 1.00 bits per heavy atom. The average Bonchev–Trinajstić information content (AvgIpc) is 2.66. The first-order chi connectivity index (χ1) is 12.9. The Bertz CT molecular complexity index is 811. The SMILES string of the molecule is CC[C@H](NC(=O)CC(NC(=O)c1ccccc1Cl)c1ccccc1)C(=O)O. The Morgan fingerprint density at radius 3 is 2.22 bits per heavy atom. The van der Waals surface area contributed by atoms with Gasteiger partial charge in [-0.1, -0.05) is 61.0 Å². The molecular formula is C20H21ClN2O4. The number of halogens is 1. The minimum absolute atomic E-state index is 0.0933. The highest BCUT2D eigenvalue weighted by atomic mass is 35.5. The molecule has 0 saturated heterocycles. The molecule has 6 nitrogen and oxygen atoms in total. The minimum Gasteiger partial charge on any atom is -0.480 e. The van der Waals surface area contributed by atoms with Crippen LogP contribution in [-0.4, -0.2) is 28.9 Å². The summed E-state index contributed by atoms with van der Waals surface area (Å²) >= 11 is 6.07. The number of aliphatic carboxylic acids is 1. The van der Waals surface area contributed by atoms with Crippen molar-refractivity contribution in [1.82, 2.24) is 10.6 Å². The molecule has 2 aromatic carbocycles. The van der Waals surface area contributed by atoms with Gasteiger partial charge in [0.15, 0.2) is 0 Å². The van der Waals surface area contributed by atoms with Crippen molar-refractivity contribution in [2.45, 2.75) is 31.8 Å². The zero-order valence-electron chi connectivity index (χ0n) is 14.8. The maximum atomic E-state index is 12.6. The van der Waals surface area contributed by atoms with Gasteiger partial charge in [0.1, 0.15) is 6.04 Å². The number of hydrogen-bond acceptors (Lipinski definition) is 3. The molecule has 0 saturated carbocycles. The van der Waals surface area contributed by atoms with E-state index in [0.29, 0.717) is 10.6 Å². The third-order valence-electron chi connectivity index (χ3n) is 4.06. The predicted octanol–water partition coefficient (Wildman–Crippen LogP) is 3.18. The van der Waals surface area contributed by atoms with Crippen LogP contribution in [0.2, 0.25) is 5.02 Å². The molecule has 0 aliphatic carbocycles. The lowest BCUT2D eigenvalue weighted by atomic mass is 10.0. The second-order valence-corrected chi connectivity index (χ2v) is 6.39. The van der Waals surface area contributed by atoms with Crippen LogP contribution in [-0.2, 0) is 9.59 Å². The molecule has 0 fully saturated rings. The van der Waals surface area contributed by atoms with Gasteiger partial charge >= 0.3 is 5.97 Å². The second kappa shape index (κ2) is 9.73. The van der Waals surface area contributed by atoms with E-state index >= 15 is 0 Å². The minimum atomic E-state index is -1.10. The second-order valence-electron chi connectivity index (χ2n) is 5.99. The molecule has 27 heavy (non-hydrogen) atoms. The van der Waals surface area contributed by atoms with E-state index in [0.717, 1.165) is 5.56 Å². The van der Waals surface area contributed by atoms with E-state index in [-0.39, 0.29) is 12.8 Å². The highest BCUT2D eigenvalue weighted by Gasteiger charge is 2.23. The molecule has 3 N–H and O–H groups in total. The van der Waals surface area contributed by atoms with Crippen molar-refractivity contribution < 1.29 is 19.5 Å². The predicted molar refractivity (Wildman–Crippen MR) is 103 cm³/mol. The first kappa shape index (κ1) is 20.5. The molecule has 0 heterocycles. The van der Waals surface area contributed by atoms with Crippen molar-refractivity contribution in [2.24, 2.45) is 0 Å². The van der Waals surface area contributed by atoms with Crippen molar-refractivity contribution in [3.63, 3.8) is 0 Å². The monoisotopic (exact) mass is 388 g/mol. The average molecular weight is 389 g/mol. The quantitative estimate of drug-likeness (QED) is 0.647. The molecule has 7 heteroatoms. The van der Waals surface area contributed by atoms with Gasteiger partial charge in [0, 0.05) is 0 Å². The van der Waals surface area contributed by atoms with Crippen molar-refractivity contribution in [2.75, 3.05) is 0 Å². The van der Waals surface area contributed by atoms with E-state index in [4.69, 9.17) is 16.7 Å². The van der Waals surface area contributed by atoms with Crippen LogP contribution in [0.1, 0.15) is 41.7 Å². The van der Waals surface area contributed by atoms with Crippen LogP contribution in [0.15, 0.2) is 54.6 Å². The topological polar surface area (TPSA) is 95.5 Å². The number of carbonyl (C=O) groups excluding carboxylic acids is 2. The lowest BCUT2D eigenvalue weighted by molar-refractivity contribution is -0.142. The summed E-state index contributed by atoms with van der Waals surface area (Å²) in [5.74, 6) is -1.97. The molecule has 142 valence electrons. The number of amides is 2. The standard InChI is InChI=1S/C20H21ClN2O4/c1-2-16(20(26)27)22-18(24)12-17(13-8-4-3-5-9-13)23-19(25)14-10-6-7-11-15(14)21/h3-11,16-17H,2,12H2,1H3,(H,22,24)(H,23,25)(H,26,27)/t16-,17?/m0/s1. The number of benzene rings is 2. The van der Waals surface area contributed by atoms with Gasteiger partial charge in [0.25, 0.3) is 5.91 Å². The summed E-state index contributed by atoms with van der Waals surface area (Å²) in [6, 6.07) is 14.0. The summed E-state index contributed by atoms with van der Waals surface area (Å²) in [5.41, 5.74) is 1.04. The van der Waals surface area contributed by atoms with Crippen LogP contribution in [0.25, 0.3) is 0 Å². The van der Waals surface area contributed by atoms with E-state index in [9.17, 15) is 14.4 Å². The number of carboxylic acids is 1. The van der Waals surface area contributed by atoms with Crippen molar-refractivity contribution in [3.05, 3.63) is 70.7 Å². The summed E-state index contributed by atoms with van der Waals surface area (Å²) in [6.45, 7) is 1.67. The van der Waals surface area contributed by atoms with Crippen molar-refractivity contribution in [1.29, 1.82) is 0 Å². The largest absolute Gasteiger partial charge is 0.480 e. The molecule has 0 spiro atoms. The fraction of sp³-hybridized carbons (Fsp3) is 0.250. The molecule has 0 bridgehead atoms. The smallest absolute Gasteiger partial charge is 0.326 e. The summed E-state index contributed by atoms with van der Waals surface area (Å²) < 4.78 is 0. The Labute approximate surface area is 162 Å². The molecule has 0 aromatic heterocycles. The van der Waals surface area contributed by atoms with Crippen LogP contribution < -0.4 is 10.6 Å². The maximum Gasteiger partial charge on any atom is 0.326 e. The third kappa shape index (κ3) is 5.82. The third-order valence-corrected chi connectivity index (χ3v) is 4.39. The van der Waals surface area contributed by atoms with Gasteiger partial charge in [-0.2, -0.15) is 0 Å². The van der Waals surface area contributed by atoms with Gasteiger partial charge < -0.3 is 15.7 Å². The first-order valence-electron chi connectivity index (χ1n) is 8.54. The van der Waals surface area contributed by atoms with Crippen molar-refractivity contribution in [3.8, 4) is 0 Å². The molecule has 0 aliphatic rings. The molecule has 0 radical (unpaired) electrons. The van der Waals surface area contributed by atoms with Crippen LogP contribution in [0.4, 0.5) is 0 Å². The molecule has 1 unspecified atom stereocenters. The number of carbonyl (C=O) groups is 3. The number of nitrogens with one attached hydrogen (secondary N) is 2. The van der Waals surface area contributed by atoms with Crippen LogP contribution in [0.5, 0.6) is 0 Å². The molecule has 2 atom stereocenters. The van der Waals surface area contributed by atoms with Crippen LogP contribution in [0.3, 0.4) is 0 Å². The summed E-state index contributed by atoms with van der Waals surface area (Å²) in [7, 11) is 0. The van der Waals surface area contributed by atoms with E-state index < -0.39 is 29.9 Å². The number of hydrogen-bond donors (Lipinski definition) is 3. The Morgan fingerprint density at radius 2 is 1.63 bits per heavy atom. The van der Waals surface area contributed by atoms with Gasteiger partial charge in [0.2, 0.25) is 5.91 Å². The normalized spacial score (nSPS) is 12.7. The zero-order chi connectivity index (χ0) is 19.8. The fourth-order valence-corrected chi connectivity index (χ4v) is 2.82. The highest BCUT2D eigenvalue weighted by molar-refractivity contribution is 6.33. The Balaban J connectivity index is 2.17. The van der Waals surface area contributed by atoms with E-state index in [1.807, 2.05) is 6.07 Å². The van der Waals surface area contributed by atoms with Crippen LogP contribution >= 0.6 is 11.6 Å². The summed E-state index contributed by atoms with van der Waals surface area (Å²) in [6.07, 6.45) is 0.174. The lowest BCUT2D eigenvalue weighted by Gasteiger charge is -2.20. The molecule has 2 aromatic rings. The molecule has 0 aliphatic heterocycles. The number of rotatable bonds is 8. The Kier molecular flexibility index (Phi) is 7.37. The van der Waals surface area contributed by atoms with Gasteiger partial charge in [-0.05, 0) is 24.1 Å². The van der Waals surface area contributed by atoms with E-state index in [2.05, 4.69) is 10.6 Å². The molecular weight excluding hydrogens is 368 g/mol.